The van der Waals surface area contributed by atoms with Gasteiger partial charge in [0, 0.05) is 23.1 Å². The van der Waals surface area contributed by atoms with Crippen molar-refractivity contribution in [1.29, 1.82) is 0 Å². The van der Waals surface area contributed by atoms with Gasteiger partial charge in [-0.1, -0.05) is 33.1 Å². The summed E-state index contributed by atoms with van der Waals surface area (Å²) >= 11 is 10.7. The highest BCUT2D eigenvalue weighted by Gasteiger charge is 2.37. The average Bonchev–Trinajstić information content (AvgIpc) is 2.35. The van der Waals surface area contributed by atoms with Crippen molar-refractivity contribution < 1.29 is 13.6 Å². The third-order valence-corrected chi connectivity index (χ3v) is 6.07. The normalized spacial score (nSPS) is 27.7. The van der Waals surface area contributed by atoms with Crippen molar-refractivity contribution in [3.63, 3.8) is 0 Å². The molecule has 2 aliphatic rings. The molecule has 1 aliphatic heterocycles. The molecule has 0 amide bonds. The second-order valence-electron chi connectivity index (χ2n) is 5.90. The second kappa shape index (κ2) is 5.84. The van der Waals surface area contributed by atoms with Gasteiger partial charge in [-0.2, -0.15) is 0 Å². The summed E-state index contributed by atoms with van der Waals surface area (Å²) in [6.45, 7) is 2.71. The van der Waals surface area contributed by atoms with Crippen molar-refractivity contribution >= 4 is 35.8 Å². The van der Waals surface area contributed by atoms with Crippen molar-refractivity contribution in [2.24, 2.45) is 11.3 Å². The molecule has 18 heavy (non-hydrogen) atoms. The van der Waals surface area contributed by atoms with Gasteiger partial charge in [0.1, 0.15) is 0 Å². The van der Waals surface area contributed by atoms with E-state index in [0.717, 1.165) is 12.8 Å². The molecule has 0 aromatic rings. The molecule has 6 heteroatoms. The molecule has 0 atom stereocenters. The van der Waals surface area contributed by atoms with E-state index in [1.807, 2.05) is 0 Å². The van der Waals surface area contributed by atoms with E-state index < -0.39 is 6.72 Å². The van der Waals surface area contributed by atoms with Crippen LogP contribution in [0.15, 0.2) is 0 Å². The van der Waals surface area contributed by atoms with Gasteiger partial charge in [-0.15, -0.1) is 0 Å². The van der Waals surface area contributed by atoms with Gasteiger partial charge in [0.15, 0.2) is 5.05 Å². The number of thiocarbonyl (C=S) groups is 1. The Morgan fingerprint density at radius 1 is 1.17 bits per heavy atom. The first-order valence-corrected chi connectivity index (χ1v) is 9.49. The molecular weight excluding hydrogens is 287 g/mol. The van der Waals surface area contributed by atoms with Crippen LogP contribution in [0.4, 0.5) is 0 Å². The van der Waals surface area contributed by atoms with Crippen molar-refractivity contribution in [1.82, 2.24) is 0 Å². The highest BCUT2D eigenvalue weighted by atomic mass is 32.5. The Kier molecular flexibility index (Phi) is 4.82. The molecule has 0 aromatic heterocycles. The molecule has 1 aliphatic carbocycles. The smallest absolute Gasteiger partial charge is 0.381 e. The van der Waals surface area contributed by atoms with Crippen LogP contribution < -0.4 is 0 Å². The monoisotopic (exact) mass is 308 g/mol. The maximum atomic E-state index is 5.72. The van der Waals surface area contributed by atoms with Crippen LogP contribution in [-0.2, 0) is 25.4 Å². The van der Waals surface area contributed by atoms with E-state index in [-0.39, 0.29) is 5.41 Å². The zero-order valence-corrected chi connectivity index (χ0v) is 13.5. The molecule has 1 saturated heterocycles. The van der Waals surface area contributed by atoms with Gasteiger partial charge in [-0.3, -0.25) is 9.05 Å². The van der Waals surface area contributed by atoms with Gasteiger partial charge in [0.25, 0.3) is 0 Å². The Balaban J connectivity index is 1.88. The van der Waals surface area contributed by atoms with Gasteiger partial charge in [0.2, 0.25) is 0 Å². The fourth-order valence-electron chi connectivity index (χ4n) is 2.16. The Labute approximate surface area is 120 Å². The largest absolute Gasteiger partial charge is 0.416 e. The summed E-state index contributed by atoms with van der Waals surface area (Å²) in [5.74, 6) is 0.357. The third kappa shape index (κ3) is 3.97. The maximum Gasteiger partial charge on any atom is 0.381 e. The third-order valence-electron chi connectivity index (χ3n) is 3.37. The summed E-state index contributed by atoms with van der Waals surface area (Å²) in [4.78, 5) is 0. The number of rotatable bonds is 2. The lowest BCUT2D eigenvalue weighted by Gasteiger charge is -2.36. The first-order valence-electron chi connectivity index (χ1n) is 6.53. The predicted molar refractivity (Wildman–Crippen MR) is 80.2 cm³/mol. The highest BCUT2D eigenvalue weighted by molar-refractivity contribution is 8.08. The fourth-order valence-corrected chi connectivity index (χ4v) is 4.96. The lowest BCUT2D eigenvalue weighted by molar-refractivity contribution is 0.0388. The van der Waals surface area contributed by atoms with Crippen LogP contribution in [0, 0.1) is 11.3 Å². The van der Waals surface area contributed by atoms with Gasteiger partial charge in [-0.25, -0.2) is 0 Å². The van der Waals surface area contributed by atoms with E-state index in [4.69, 9.17) is 37.6 Å². The van der Waals surface area contributed by atoms with E-state index >= 15 is 0 Å². The quantitative estimate of drug-likeness (QED) is 0.563. The summed E-state index contributed by atoms with van der Waals surface area (Å²) in [6.07, 6.45) is 5.98. The van der Waals surface area contributed by atoms with Crippen LogP contribution in [0.5, 0.6) is 0 Å². The van der Waals surface area contributed by atoms with Gasteiger partial charge < -0.3 is 4.52 Å². The van der Waals surface area contributed by atoms with Crippen LogP contribution in [0.2, 0.25) is 0 Å². The van der Waals surface area contributed by atoms with Crippen molar-refractivity contribution in [2.45, 2.75) is 46.0 Å². The van der Waals surface area contributed by atoms with Crippen LogP contribution in [0.25, 0.3) is 0 Å². The Bertz CT molecular complexity index is 350. The molecule has 1 heterocycles. The SMILES string of the molecule is CC1(C)COP(=S)(OC(=S)C2CCCCC2)OC1. The van der Waals surface area contributed by atoms with Crippen LogP contribution in [0.3, 0.4) is 0 Å². The maximum absolute atomic E-state index is 5.72. The highest BCUT2D eigenvalue weighted by Crippen LogP contribution is 2.55. The molecule has 0 unspecified atom stereocenters. The minimum absolute atomic E-state index is 0.0120. The Morgan fingerprint density at radius 2 is 1.72 bits per heavy atom. The first-order chi connectivity index (χ1) is 8.40. The zero-order chi connectivity index (χ0) is 13.2. The summed E-state index contributed by atoms with van der Waals surface area (Å²) in [6, 6.07) is 0. The minimum Gasteiger partial charge on any atom is -0.416 e. The van der Waals surface area contributed by atoms with E-state index in [2.05, 4.69) is 13.8 Å². The molecule has 0 radical (unpaired) electrons. The lowest BCUT2D eigenvalue weighted by atomic mass is 9.90. The summed E-state index contributed by atoms with van der Waals surface area (Å²) in [5.41, 5.74) is 0.0120. The number of hydrogen-bond donors (Lipinski definition) is 0. The molecule has 3 nitrogen and oxygen atoms in total. The van der Waals surface area contributed by atoms with Crippen LogP contribution >= 0.6 is 18.9 Å². The molecule has 2 fully saturated rings. The molecule has 0 aromatic carbocycles. The fraction of sp³-hybridized carbons (Fsp3) is 0.917. The lowest BCUT2D eigenvalue weighted by Crippen LogP contribution is -2.30. The van der Waals surface area contributed by atoms with Gasteiger partial charge in [-0.05, 0) is 25.1 Å². The van der Waals surface area contributed by atoms with Crippen LogP contribution in [-0.4, -0.2) is 18.3 Å². The minimum atomic E-state index is -2.62. The summed E-state index contributed by atoms with van der Waals surface area (Å²) < 4.78 is 17.0. The molecular formula is C12H21O3PS2. The molecule has 0 spiro atoms. The summed E-state index contributed by atoms with van der Waals surface area (Å²) in [7, 11) is 0. The van der Waals surface area contributed by atoms with E-state index in [1.165, 1.54) is 19.3 Å². The van der Waals surface area contributed by atoms with Crippen molar-refractivity contribution in [3.8, 4) is 0 Å². The van der Waals surface area contributed by atoms with Gasteiger partial charge in [0.05, 0.1) is 13.2 Å². The summed E-state index contributed by atoms with van der Waals surface area (Å²) in [5, 5.41) is 0.609. The standard InChI is InChI=1S/C12H21O3PS2/c1-12(2)8-13-16(18,14-9-12)15-11(17)10-6-4-3-5-7-10/h10H,3-9H2,1-2H3. The predicted octanol–water partition coefficient (Wildman–Crippen LogP) is 4.21. The van der Waals surface area contributed by atoms with E-state index in [9.17, 15) is 0 Å². The zero-order valence-electron chi connectivity index (χ0n) is 11.0. The number of hydrogen-bond acceptors (Lipinski definition) is 5. The topological polar surface area (TPSA) is 27.7 Å². The first kappa shape index (κ1) is 14.9. The Hall–Kier alpha value is 0.460. The molecule has 1 saturated carbocycles. The Morgan fingerprint density at radius 3 is 2.28 bits per heavy atom. The van der Waals surface area contributed by atoms with E-state index in [0.29, 0.717) is 24.2 Å². The molecule has 0 bridgehead atoms. The van der Waals surface area contributed by atoms with Crippen molar-refractivity contribution in [2.75, 3.05) is 13.2 Å². The van der Waals surface area contributed by atoms with E-state index in [1.54, 1.807) is 0 Å². The van der Waals surface area contributed by atoms with Crippen molar-refractivity contribution in [3.05, 3.63) is 0 Å². The molecule has 104 valence electrons. The van der Waals surface area contributed by atoms with Crippen LogP contribution in [0.1, 0.15) is 46.0 Å². The average molecular weight is 308 g/mol. The molecule has 0 N–H and O–H groups in total. The second-order valence-corrected chi connectivity index (χ2v) is 9.24. The molecule has 2 rings (SSSR count). The van der Waals surface area contributed by atoms with Gasteiger partial charge >= 0.3 is 6.72 Å².